The van der Waals surface area contributed by atoms with E-state index in [1.807, 2.05) is 37.3 Å². The van der Waals surface area contributed by atoms with Gasteiger partial charge in [0.25, 0.3) is 0 Å². The summed E-state index contributed by atoms with van der Waals surface area (Å²) in [5.41, 5.74) is 5.70. The van der Waals surface area contributed by atoms with Crippen LogP contribution in [0.4, 0.5) is 0 Å². The summed E-state index contributed by atoms with van der Waals surface area (Å²) in [4.78, 5) is 5.39. The van der Waals surface area contributed by atoms with E-state index >= 15 is 0 Å². The number of hydrogen-bond acceptors (Lipinski definition) is 2. The summed E-state index contributed by atoms with van der Waals surface area (Å²) >= 11 is 0. The molecule has 0 atom stereocenters. The van der Waals surface area contributed by atoms with E-state index in [4.69, 9.17) is 4.84 Å². The molecule has 0 amide bonds. The molecule has 2 rings (SSSR count). The Hall–Kier alpha value is -2.09. The van der Waals surface area contributed by atoms with Gasteiger partial charge in [-0.3, -0.25) is 0 Å². The molecule has 0 N–H and O–H groups in total. The van der Waals surface area contributed by atoms with Crippen LogP contribution in [0.25, 0.3) is 0 Å². The maximum absolute atomic E-state index is 5.39. The van der Waals surface area contributed by atoms with Gasteiger partial charge < -0.3 is 4.84 Å². The molecular weight excluding hydrogens is 234 g/mol. The quantitative estimate of drug-likeness (QED) is 0.590. The third kappa shape index (κ3) is 3.68. The highest BCUT2D eigenvalue weighted by Gasteiger charge is 2.00. The molecule has 0 aliphatic rings. The number of aryl methyl sites for hydroxylation is 2. The Morgan fingerprint density at radius 1 is 1.00 bits per heavy atom. The standard InChI is InChI=1S/C17H19NO/c1-13-9-10-17(11-14(13)2)15(3)18-19-12-16-7-5-4-6-8-16/h4-11H,12H2,1-3H3. The van der Waals surface area contributed by atoms with Crippen molar-refractivity contribution in [2.24, 2.45) is 5.16 Å². The molecule has 0 fully saturated rings. The van der Waals surface area contributed by atoms with Crippen molar-refractivity contribution in [2.45, 2.75) is 27.4 Å². The molecule has 2 aromatic carbocycles. The first kappa shape index (κ1) is 13.3. The number of rotatable bonds is 4. The van der Waals surface area contributed by atoms with Crippen molar-refractivity contribution in [3.63, 3.8) is 0 Å². The summed E-state index contributed by atoms with van der Waals surface area (Å²) in [6, 6.07) is 16.4. The summed E-state index contributed by atoms with van der Waals surface area (Å²) in [7, 11) is 0. The molecule has 0 aromatic heterocycles. The Kier molecular flexibility index (Phi) is 4.35. The van der Waals surface area contributed by atoms with E-state index in [0.717, 1.165) is 16.8 Å². The van der Waals surface area contributed by atoms with Crippen molar-refractivity contribution in [1.29, 1.82) is 0 Å². The zero-order valence-electron chi connectivity index (χ0n) is 11.7. The molecule has 0 heterocycles. The molecule has 0 unspecified atom stereocenters. The van der Waals surface area contributed by atoms with E-state index < -0.39 is 0 Å². The lowest BCUT2D eigenvalue weighted by atomic mass is 10.0. The van der Waals surface area contributed by atoms with Gasteiger partial charge in [0.2, 0.25) is 0 Å². The van der Waals surface area contributed by atoms with Crippen LogP contribution in [0.15, 0.2) is 53.7 Å². The van der Waals surface area contributed by atoms with Crippen LogP contribution in [0.1, 0.15) is 29.2 Å². The second-order valence-corrected chi connectivity index (χ2v) is 4.73. The predicted octanol–water partition coefficient (Wildman–Crippen LogP) is 4.24. The van der Waals surface area contributed by atoms with E-state index in [9.17, 15) is 0 Å². The number of hydrogen-bond donors (Lipinski definition) is 0. The highest BCUT2D eigenvalue weighted by molar-refractivity contribution is 5.98. The maximum Gasteiger partial charge on any atom is 0.142 e. The average molecular weight is 253 g/mol. The van der Waals surface area contributed by atoms with Gasteiger partial charge in [-0.15, -0.1) is 0 Å². The second kappa shape index (κ2) is 6.19. The SMILES string of the molecule is CC(=NOCc1ccccc1)c1ccc(C)c(C)c1. The van der Waals surface area contributed by atoms with Crippen molar-refractivity contribution in [2.75, 3.05) is 0 Å². The molecule has 0 saturated carbocycles. The highest BCUT2D eigenvalue weighted by Crippen LogP contribution is 2.11. The first-order valence-electron chi connectivity index (χ1n) is 6.45. The third-order valence-electron chi connectivity index (χ3n) is 3.20. The first-order chi connectivity index (χ1) is 9.16. The highest BCUT2D eigenvalue weighted by atomic mass is 16.6. The minimum absolute atomic E-state index is 0.503. The number of oxime groups is 1. The number of benzene rings is 2. The van der Waals surface area contributed by atoms with Gasteiger partial charge in [0.15, 0.2) is 0 Å². The fourth-order valence-electron chi connectivity index (χ4n) is 1.80. The number of nitrogens with zero attached hydrogens (tertiary/aromatic N) is 1. The van der Waals surface area contributed by atoms with Crippen LogP contribution in [0.5, 0.6) is 0 Å². The molecule has 98 valence electrons. The Bertz CT molecular complexity index is 573. The topological polar surface area (TPSA) is 21.6 Å². The van der Waals surface area contributed by atoms with Crippen LogP contribution in [-0.2, 0) is 11.4 Å². The van der Waals surface area contributed by atoms with Crippen molar-refractivity contribution in [3.05, 3.63) is 70.8 Å². The van der Waals surface area contributed by atoms with Crippen LogP contribution < -0.4 is 0 Å². The summed E-state index contributed by atoms with van der Waals surface area (Å²) in [6.45, 7) is 6.69. The fourth-order valence-corrected chi connectivity index (χ4v) is 1.80. The molecule has 2 nitrogen and oxygen atoms in total. The van der Waals surface area contributed by atoms with Gasteiger partial charge in [0, 0.05) is 0 Å². The van der Waals surface area contributed by atoms with Crippen molar-refractivity contribution >= 4 is 5.71 Å². The first-order valence-corrected chi connectivity index (χ1v) is 6.45. The zero-order valence-corrected chi connectivity index (χ0v) is 11.7. The Balaban J connectivity index is 2.01. The molecule has 0 aliphatic heterocycles. The van der Waals surface area contributed by atoms with E-state index in [0.29, 0.717) is 6.61 Å². The van der Waals surface area contributed by atoms with Crippen molar-refractivity contribution in [3.8, 4) is 0 Å². The normalized spacial score (nSPS) is 11.4. The van der Waals surface area contributed by atoms with Crippen LogP contribution in [0, 0.1) is 13.8 Å². The molecule has 0 saturated heterocycles. The van der Waals surface area contributed by atoms with Crippen LogP contribution >= 0.6 is 0 Å². The molecule has 2 heteroatoms. The Labute approximate surface area is 114 Å². The van der Waals surface area contributed by atoms with Gasteiger partial charge in [-0.2, -0.15) is 0 Å². The Morgan fingerprint density at radius 2 is 1.74 bits per heavy atom. The smallest absolute Gasteiger partial charge is 0.142 e. The van der Waals surface area contributed by atoms with Gasteiger partial charge in [-0.25, -0.2) is 0 Å². The van der Waals surface area contributed by atoms with Crippen LogP contribution in [0.2, 0.25) is 0 Å². The monoisotopic (exact) mass is 253 g/mol. The summed E-state index contributed by atoms with van der Waals surface area (Å²) in [5, 5.41) is 4.18. The van der Waals surface area contributed by atoms with Gasteiger partial charge in [-0.1, -0.05) is 47.6 Å². The minimum Gasteiger partial charge on any atom is -0.391 e. The molecule has 0 aliphatic carbocycles. The van der Waals surface area contributed by atoms with Gasteiger partial charge in [0.1, 0.15) is 6.61 Å². The average Bonchev–Trinajstić information content (AvgIpc) is 2.43. The maximum atomic E-state index is 5.39. The fraction of sp³-hybridized carbons (Fsp3) is 0.235. The molecule has 0 spiro atoms. The van der Waals surface area contributed by atoms with E-state index in [1.54, 1.807) is 0 Å². The van der Waals surface area contributed by atoms with Crippen LogP contribution in [-0.4, -0.2) is 5.71 Å². The largest absolute Gasteiger partial charge is 0.391 e. The summed E-state index contributed by atoms with van der Waals surface area (Å²) in [5.74, 6) is 0. The second-order valence-electron chi connectivity index (χ2n) is 4.73. The molecule has 0 radical (unpaired) electrons. The summed E-state index contributed by atoms with van der Waals surface area (Å²) in [6.07, 6.45) is 0. The van der Waals surface area contributed by atoms with Crippen molar-refractivity contribution < 1.29 is 4.84 Å². The zero-order chi connectivity index (χ0) is 13.7. The lowest BCUT2D eigenvalue weighted by molar-refractivity contribution is 0.130. The van der Waals surface area contributed by atoms with Gasteiger partial charge in [0.05, 0.1) is 5.71 Å². The molecule has 0 bridgehead atoms. The lowest BCUT2D eigenvalue weighted by Gasteiger charge is -2.05. The minimum atomic E-state index is 0.503. The third-order valence-corrected chi connectivity index (χ3v) is 3.20. The molecular formula is C17H19NO. The van der Waals surface area contributed by atoms with E-state index in [-0.39, 0.29) is 0 Å². The van der Waals surface area contributed by atoms with E-state index in [2.05, 4.69) is 37.2 Å². The molecule has 2 aromatic rings. The predicted molar refractivity (Wildman–Crippen MR) is 79.4 cm³/mol. The van der Waals surface area contributed by atoms with Crippen LogP contribution in [0.3, 0.4) is 0 Å². The van der Waals surface area contributed by atoms with Gasteiger partial charge >= 0.3 is 0 Å². The van der Waals surface area contributed by atoms with Crippen molar-refractivity contribution in [1.82, 2.24) is 0 Å². The van der Waals surface area contributed by atoms with E-state index in [1.165, 1.54) is 11.1 Å². The molecule has 19 heavy (non-hydrogen) atoms. The summed E-state index contributed by atoms with van der Waals surface area (Å²) < 4.78 is 0. The Morgan fingerprint density at radius 3 is 2.42 bits per heavy atom. The van der Waals surface area contributed by atoms with Gasteiger partial charge in [-0.05, 0) is 49.1 Å². The lowest BCUT2D eigenvalue weighted by Crippen LogP contribution is -1.98.